The summed E-state index contributed by atoms with van der Waals surface area (Å²) in [6, 6.07) is 8.00. The van der Waals surface area contributed by atoms with Gasteiger partial charge >= 0.3 is 5.97 Å². The third-order valence-electron chi connectivity index (χ3n) is 3.23. The van der Waals surface area contributed by atoms with Crippen molar-refractivity contribution in [1.82, 2.24) is 0 Å². The molecule has 2 aromatic carbocycles. The topological polar surface area (TPSA) is 50.4 Å². The zero-order chi connectivity index (χ0) is 15.9. The molecule has 0 aliphatic rings. The number of rotatable bonds is 3. The number of hydrogen-bond acceptors (Lipinski definition) is 2. The number of fused-ring (bicyclic) bond motifs is 1. The minimum Gasteiger partial charge on any atom is -0.481 e. The molecular formula is C16H9BrF2O3. The van der Waals surface area contributed by atoms with E-state index in [4.69, 9.17) is 9.52 Å². The van der Waals surface area contributed by atoms with Crippen molar-refractivity contribution in [2.45, 2.75) is 6.42 Å². The normalized spacial score (nSPS) is 11.0. The van der Waals surface area contributed by atoms with Gasteiger partial charge in [-0.2, -0.15) is 0 Å². The van der Waals surface area contributed by atoms with E-state index < -0.39 is 11.8 Å². The van der Waals surface area contributed by atoms with Crippen molar-refractivity contribution in [2.24, 2.45) is 0 Å². The first-order chi connectivity index (χ1) is 10.5. The first kappa shape index (κ1) is 14.7. The molecule has 3 nitrogen and oxygen atoms in total. The molecule has 1 heterocycles. The maximum absolute atomic E-state index is 13.6. The van der Waals surface area contributed by atoms with Crippen molar-refractivity contribution in [3.8, 4) is 11.3 Å². The maximum atomic E-state index is 13.6. The molecular weight excluding hydrogens is 358 g/mol. The van der Waals surface area contributed by atoms with Crippen LogP contribution in [-0.4, -0.2) is 11.1 Å². The summed E-state index contributed by atoms with van der Waals surface area (Å²) in [5.41, 5.74) is 1.15. The predicted molar refractivity (Wildman–Crippen MR) is 80.6 cm³/mol. The smallest absolute Gasteiger partial charge is 0.307 e. The van der Waals surface area contributed by atoms with Gasteiger partial charge in [0.15, 0.2) is 0 Å². The Labute approximate surface area is 132 Å². The average Bonchev–Trinajstić information content (AvgIpc) is 2.76. The Morgan fingerprint density at radius 3 is 2.45 bits per heavy atom. The van der Waals surface area contributed by atoms with Crippen LogP contribution < -0.4 is 0 Å². The van der Waals surface area contributed by atoms with Gasteiger partial charge in [-0.1, -0.05) is 0 Å². The van der Waals surface area contributed by atoms with Gasteiger partial charge in [0.1, 0.15) is 23.0 Å². The van der Waals surface area contributed by atoms with E-state index in [9.17, 15) is 13.6 Å². The van der Waals surface area contributed by atoms with Crippen LogP contribution >= 0.6 is 15.9 Å². The number of furan rings is 1. The highest BCUT2D eigenvalue weighted by Crippen LogP contribution is 2.40. The van der Waals surface area contributed by atoms with Crippen LogP contribution in [0, 0.1) is 11.6 Å². The van der Waals surface area contributed by atoms with Gasteiger partial charge < -0.3 is 9.52 Å². The Kier molecular flexibility index (Phi) is 3.70. The monoisotopic (exact) mass is 366 g/mol. The van der Waals surface area contributed by atoms with Crippen LogP contribution in [0.4, 0.5) is 8.78 Å². The summed E-state index contributed by atoms with van der Waals surface area (Å²) in [6.07, 6.45) is -0.324. The number of carboxylic acid groups (broad SMARTS) is 1. The number of aliphatic carboxylic acids is 1. The molecule has 0 bridgehead atoms. The predicted octanol–water partition coefficient (Wildman–Crippen LogP) is 4.77. The van der Waals surface area contributed by atoms with Crippen LogP contribution in [-0.2, 0) is 11.2 Å². The molecule has 0 unspecified atom stereocenters. The summed E-state index contributed by atoms with van der Waals surface area (Å²) in [7, 11) is 0. The highest BCUT2D eigenvalue weighted by molar-refractivity contribution is 9.10. The molecule has 0 atom stereocenters. The quantitative estimate of drug-likeness (QED) is 0.726. The number of carbonyl (C=O) groups is 1. The molecule has 0 spiro atoms. The molecule has 0 aliphatic heterocycles. The second-order valence-electron chi connectivity index (χ2n) is 4.76. The Bertz CT molecular complexity index is 869. The van der Waals surface area contributed by atoms with E-state index in [-0.39, 0.29) is 17.8 Å². The zero-order valence-corrected chi connectivity index (χ0v) is 12.7. The fraction of sp³-hybridized carbons (Fsp3) is 0.0625. The van der Waals surface area contributed by atoms with Crippen LogP contribution in [0.2, 0.25) is 0 Å². The molecule has 0 fully saturated rings. The standard InChI is InChI=1S/C16H9BrF2O3/c17-15-14-9(6-13(20)21)5-11(19)7-12(14)22-16(15)8-1-3-10(18)4-2-8/h1-5,7H,6H2,(H,20,21). The Balaban J connectivity index is 2.24. The Hall–Kier alpha value is -2.21. The molecule has 0 saturated heterocycles. The van der Waals surface area contributed by atoms with Crippen LogP contribution in [0.5, 0.6) is 0 Å². The average molecular weight is 367 g/mol. The van der Waals surface area contributed by atoms with Crippen molar-refractivity contribution < 1.29 is 23.1 Å². The molecule has 22 heavy (non-hydrogen) atoms. The second-order valence-corrected chi connectivity index (χ2v) is 5.55. The fourth-order valence-corrected chi connectivity index (χ4v) is 3.08. The van der Waals surface area contributed by atoms with Crippen molar-refractivity contribution in [3.63, 3.8) is 0 Å². The van der Waals surface area contributed by atoms with Crippen LogP contribution in [0.1, 0.15) is 5.56 Å². The highest BCUT2D eigenvalue weighted by atomic mass is 79.9. The number of halogens is 3. The van der Waals surface area contributed by atoms with Crippen molar-refractivity contribution in [1.29, 1.82) is 0 Å². The van der Waals surface area contributed by atoms with E-state index in [1.807, 2.05) is 0 Å². The van der Waals surface area contributed by atoms with Gasteiger partial charge in [0.2, 0.25) is 0 Å². The second kappa shape index (κ2) is 5.53. The first-order valence-corrected chi connectivity index (χ1v) is 7.13. The Morgan fingerprint density at radius 1 is 1.14 bits per heavy atom. The van der Waals surface area contributed by atoms with Crippen LogP contribution in [0.15, 0.2) is 45.3 Å². The summed E-state index contributed by atoms with van der Waals surface area (Å²) in [5.74, 6) is -1.63. The Morgan fingerprint density at radius 2 is 1.82 bits per heavy atom. The zero-order valence-electron chi connectivity index (χ0n) is 11.1. The van der Waals surface area contributed by atoms with Gasteiger partial charge in [-0.25, -0.2) is 8.78 Å². The molecule has 112 valence electrons. The molecule has 1 aromatic heterocycles. The van der Waals surface area contributed by atoms with Gasteiger partial charge in [0, 0.05) is 17.0 Å². The van der Waals surface area contributed by atoms with Gasteiger partial charge in [-0.3, -0.25) is 4.79 Å². The van der Waals surface area contributed by atoms with Crippen LogP contribution in [0.25, 0.3) is 22.3 Å². The van der Waals surface area contributed by atoms with Crippen molar-refractivity contribution in [3.05, 3.63) is 58.1 Å². The molecule has 3 rings (SSSR count). The van der Waals surface area contributed by atoms with E-state index in [1.165, 1.54) is 36.4 Å². The summed E-state index contributed by atoms with van der Waals surface area (Å²) in [5, 5.41) is 9.46. The molecule has 3 aromatic rings. The molecule has 6 heteroatoms. The SMILES string of the molecule is O=C(O)Cc1cc(F)cc2oc(-c3ccc(F)cc3)c(Br)c12. The molecule has 0 aliphatic carbocycles. The molecule has 0 saturated carbocycles. The lowest BCUT2D eigenvalue weighted by Gasteiger charge is -2.00. The molecule has 0 radical (unpaired) electrons. The largest absolute Gasteiger partial charge is 0.481 e. The highest BCUT2D eigenvalue weighted by Gasteiger charge is 2.19. The van der Waals surface area contributed by atoms with Gasteiger partial charge in [-0.15, -0.1) is 0 Å². The van der Waals surface area contributed by atoms with Crippen molar-refractivity contribution >= 4 is 32.9 Å². The molecule has 1 N–H and O–H groups in total. The van der Waals surface area contributed by atoms with E-state index in [1.54, 1.807) is 0 Å². The third kappa shape index (κ3) is 2.62. The van der Waals surface area contributed by atoms with Gasteiger partial charge in [-0.05, 0) is 51.8 Å². The lowest BCUT2D eigenvalue weighted by Crippen LogP contribution is -2.01. The summed E-state index contributed by atoms with van der Waals surface area (Å²) < 4.78 is 32.8. The maximum Gasteiger partial charge on any atom is 0.307 e. The van der Waals surface area contributed by atoms with E-state index in [2.05, 4.69) is 15.9 Å². The summed E-state index contributed by atoms with van der Waals surface area (Å²) in [4.78, 5) is 10.9. The van der Waals surface area contributed by atoms with Gasteiger partial charge in [0.05, 0.1) is 10.9 Å². The van der Waals surface area contributed by atoms with E-state index in [0.717, 1.165) is 0 Å². The number of benzene rings is 2. The third-order valence-corrected chi connectivity index (χ3v) is 3.98. The minimum atomic E-state index is -1.07. The fourth-order valence-electron chi connectivity index (χ4n) is 2.32. The number of carboxylic acids is 1. The first-order valence-electron chi connectivity index (χ1n) is 6.34. The van der Waals surface area contributed by atoms with Gasteiger partial charge in [0.25, 0.3) is 0 Å². The van der Waals surface area contributed by atoms with E-state index in [0.29, 0.717) is 26.7 Å². The summed E-state index contributed by atoms with van der Waals surface area (Å²) in [6.45, 7) is 0. The lowest BCUT2D eigenvalue weighted by atomic mass is 10.1. The number of hydrogen-bond donors (Lipinski definition) is 1. The van der Waals surface area contributed by atoms with E-state index >= 15 is 0 Å². The lowest BCUT2D eigenvalue weighted by molar-refractivity contribution is -0.136. The van der Waals surface area contributed by atoms with Crippen LogP contribution in [0.3, 0.4) is 0 Å². The minimum absolute atomic E-state index is 0.238. The summed E-state index contributed by atoms with van der Waals surface area (Å²) >= 11 is 3.37. The molecule has 0 amide bonds. The van der Waals surface area contributed by atoms with Crippen molar-refractivity contribution in [2.75, 3.05) is 0 Å².